The Kier molecular flexibility index (Phi) is 26.3. The van der Waals surface area contributed by atoms with E-state index in [0.29, 0.717) is 39.5 Å². The van der Waals surface area contributed by atoms with Crippen LogP contribution < -0.4 is 9.47 Å². The highest BCUT2D eigenvalue weighted by Crippen LogP contribution is 2.33. The SMILES string of the molecule is CC.CC.CC(C)c1ccc(OCC(=O)O)cc1.CC(C)c1ccc(OCC(=O)O)cc1.O=S(=O)(O)c1ccc2cc(O)c(O)cc2c1.O=S(=O)=O.Oc1ccc2ccccc2c1O. The Labute approximate surface area is 374 Å². The van der Waals surface area contributed by atoms with E-state index in [0.717, 1.165) is 5.39 Å². The van der Waals surface area contributed by atoms with Crippen molar-refractivity contribution < 1.29 is 75.3 Å². The molecule has 0 saturated carbocycles. The van der Waals surface area contributed by atoms with Crippen LogP contribution in [0.4, 0.5) is 0 Å². The second-order valence-corrected chi connectivity index (χ2v) is 14.8. The fourth-order valence-electron chi connectivity index (χ4n) is 4.84. The van der Waals surface area contributed by atoms with Crippen LogP contribution in [0.3, 0.4) is 0 Å². The van der Waals surface area contributed by atoms with Crippen LogP contribution in [0.5, 0.6) is 34.5 Å². The first kappa shape index (κ1) is 57.1. The summed E-state index contributed by atoms with van der Waals surface area (Å²) in [6.07, 6.45) is 0. The molecule has 0 heterocycles. The summed E-state index contributed by atoms with van der Waals surface area (Å²) in [5.74, 6) is -0.537. The van der Waals surface area contributed by atoms with E-state index in [-0.39, 0.29) is 41.1 Å². The zero-order valence-corrected chi connectivity index (χ0v) is 38.3. The molecular weight excluding hydrogens is 873 g/mol. The molecule has 6 aromatic carbocycles. The molecule has 64 heavy (non-hydrogen) atoms. The van der Waals surface area contributed by atoms with E-state index in [2.05, 4.69) is 27.7 Å². The van der Waals surface area contributed by atoms with E-state index >= 15 is 0 Å². The van der Waals surface area contributed by atoms with Crippen LogP contribution in [-0.4, -0.2) is 81.4 Å². The fraction of sp³-hybridized carbons (Fsp3) is 0.261. The van der Waals surface area contributed by atoms with Gasteiger partial charge in [0, 0.05) is 5.39 Å². The number of phenols is 4. The molecule has 18 heteroatoms. The van der Waals surface area contributed by atoms with E-state index in [9.17, 15) is 33.3 Å². The average Bonchev–Trinajstić information content (AvgIpc) is 3.25. The van der Waals surface area contributed by atoms with Crippen LogP contribution in [0.2, 0.25) is 0 Å². The molecule has 0 radical (unpaired) electrons. The molecule has 0 amide bonds. The molecule has 0 aliphatic rings. The van der Waals surface area contributed by atoms with Crippen LogP contribution in [-0.2, 0) is 30.3 Å². The van der Waals surface area contributed by atoms with Gasteiger partial charge in [-0.05, 0) is 93.7 Å². The first-order valence-corrected chi connectivity index (χ1v) is 22.0. The van der Waals surface area contributed by atoms with Crippen molar-refractivity contribution in [3.8, 4) is 34.5 Å². The summed E-state index contributed by atoms with van der Waals surface area (Å²) < 4.78 is 65.9. The van der Waals surface area contributed by atoms with E-state index in [1.165, 1.54) is 47.5 Å². The maximum atomic E-state index is 10.9. The third kappa shape index (κ3) is 21.8. The molecule has 0 aliphatic carbocycles. The number of aromatic hydroxyl groups is 4. The van der Waals surface area contributed by atoms with Gasteiger partial charge in [-0.1, -0.05) is 116 Å². The number of hydrogen-bond acceptors (Lipinski definition) is 13. The first-order chi connectivity index (χ1) is 30.1. The van der Waals surface area contributed by atoms with E-state index in [1.807, 2.05) is 70.2 Å². The Bertz CT molecular complexity index is 2500. The van der Waals surface area contributed by atoms with Gasteiger partial charge < -0.3 is 40.1 Å². The molecule has 0 aliphatic heterocycles. The molecule has 6 aromatic rings. The van der Waals surface area contributed by atoms with Gasteiger partial charge in [0.15, 0.2) is 36.2 Å². The predicted octanol–water partition coefficient (Wildman–Crippen LogP) is 9.34. The number of carbonyl (C=O) groups is 2. The summed E-state index contributed by atoms with van der Waals surface area (Å²) in [4.78, 5) is 20.2. The van der Waals surface area contributed by atoms with Crippen LogP contribution in [0.15, 0.2) is 120 Å². The quantitative estimate of drug-likeness (QED) is 0.0525. The van der Waals surface area contributed by atoms with E-state index in [4.69, 9.17) is 42.0 Å². The van der Waals surface area contributed by atoms with Crippen molar-refractivity contribution in [1.29, 1.82) is 0 Å². The third-order valence-corrected chi connectivity index (χ3v) is 8.75. The number of benzene rings is 6. The van der Waals surface area contributed by atoms with Crippen molar-refractivity contribution in [2.24, 2.45) is 0 Å². The lowest BCUT2D eigenvalue weighted by atomic mass is 10.0. The largest absolute Gasteiger partial charge is 0.504 e. The Morgan fingerprint density at radius 2 is 0.938 bits per heavy atom. The molecule has 16 nitrogen and oxygen atoms in total. The minimum Gasteiger partial charge on any atom is -0.504 e. The highest BCUT2D eigenvalue weighted by Gasteiger charge is 2.11. The zero-order valence-electron chi connectivity index (χ0n) is 36.7. The molecule has 0 aromatic heterocycles. The van der Waals surface area contributed by atoms with Gasteiger partial charge in [0.2, 0.25) is 0 Å². The van der Waals surface area contributed by atoms with Crippen LogP contribution in [0, 0.1) is 0 Å². The summed E-state index contributed by atoms with van der Waals surface area (Å²) in [7, 11) is -7.37. The van der Waals surface area contributed by atoms with Gasteiger partial charge in [0.05, 0.1) is 4.90 Å². The summed E-state index contributed by atoms with van der Waals surface area (Å²) >= 11 is 0. The Hall–Kier alpha value is -6.89. The monoisotopic (exact) mass is 928 g/mol. The maximum absolute atomic E-state index is 10.9. The molecule has 0 atom stereocenters. The van der Waals surface area contributed by atoms with E-state index in [1.54, 1.807) is 36.4 Å². The summed E-state index contributed by atoms with van der Waals surface area (Å²) in [5.41, 5.74) is 2.43. The molecule has 0 saturated heterocycles. The first-order valence-electron chi connectivity index (χ1n) is 19.6. The molecule has 348 valence electrons. The summed E-state index contributed by atoms with van der Waals surface area (Å²) in [6.45, 7) is 15.8. The summed E-state index contributed by atoms with van der Waals surface area (Å²) in [6, 6.07) is 31.9. The predicted molar refractivity (Wildman–Crippen MR) is 244 cm³/mol. The van der Waals surface area contributed by atoms with Gasteiger partial charge in [-0.3, -0.25) is 4.55 Å². The van der Waals surface area contributed by atoms with Gasteiger partial charge in [-0.15, -0.1) is 12.6 Å². The zero-order chi connectivity index (χ0) is 49.2. The Morgan fingerprint density at radius 3 is 1.33 bits per heavy atom. The highest BCUT2D eigenvalue weighted by atomic mass is 32.2. The lowest BCUT2D eigenvalue weighted by Gasteiger charge is -2.07. The molecular formula is C46H56O16S2. The van der Waals surface area contributed by atoms with Crippen molar-refractivity contribution >= 4 is 54.2 Å². The van der Waals surface area contributed by atoms with Crippen molar-refractivity contribution in [2.45, 2.75) is 72.1 Å². The van der Waals surface area contributed by atoms with Crippen molar-refractivity contribution in [1.82, 2.24) is 0 Å². The Morgan fingerprint density at radius 1 is 0.547 bits per heavy atom. The van der Waals surface area contributed by atoms with Gasteiger partial charge >= 0.3 is 22.5 Å². The highest BCUT2D eigenvalue weighted by molar-refractivity contribution is 7.85. The second kappa shape index (κ2) is 29.4. The molecule has 0 spiro atoms. The summed E-state index contributed by atoms with van der Waals surface area (Å²) in [5, 5.41) is 56.4. The van der Waals surface area contributed by atoms with Gasteiger partial charge in [0.1, 0.15) is 11.5 Å². The lowest BCUT2D eigenvalue weighted by molar-refractivity contribution is -0.140. The van der Waals surface area contributed by atoms with Crippen molar-refractivity contribution in [3.05, 3.63) is 126 Å². The number of ether oxygens (including phenoxy) is 2. The molecule has 0 bridgehead atoms. The third-order valence-electron chi connectivity index (χ3n) is 7.90. The van der Waals surface area contributed by atoms with E-state index < -0.39 is 32.7 Å². The molecule has 7 N–H and O–H groups in total. The normalized spacial score (nSPS) is 9.92. The van der Waals surface area contributed by atoms with Gasteiger partial charge in [-0.2, -0.15) is 8.42 Å². The maximum Gasteiger partial charge on any atom is 0.425 e. The van der Waals surface area contributed by atoms with Crippen LogP contribution >= 0.6 is 0 Å². The number of carboxylic acids is 2. The van der Waals surface area contributed by atoms with Crippen LogP contribution in [0.1, 0.15) is 78.4 Å². The number of carboxylic acid groups (broad SMARTS) is 2. The van der Waals surface area contributed by atoms with Gasteiger partial charge in [-0.25, -0.2) is 9.59 Å². The number of fused-ring (bicyclic) bond motifs is 2. The fourth-order valence-corrected chi connectivity index (χ4v) is 5.36. The Balaban J connectivity index is 0.000000785. The minimum atomic E-state index is -4.26. The van der Waals surface area contributed by atoms with Crippen molar-refractivity contribution in [2.75, 3.05) is 13.2 Å². The number of aliphatic carboxylic acids is 2. The van der Waals surface area contributed by atoms with Crippen molar-refractivity contribution in [3.63, 3.8) is 0 Å². The smallest absolute Gasteiger partial charge is 0.425 e. The number of hydrogen-bond donors (Lipinski definition) is 7. The minimum absolute atomic E-state index is 0.0481. The topological polar surface area (TPSA) is 280 Å². The molecule has 0 unspecified atom stereocenters. The standard InChI is InChI=1S/2C11H14O3.C10H8O5S.C10H8O2.2C2H6.O3S/c2*1-8(2)9-3-5-10(6-4-9)14-7-11(12)13;11-9-4-6-1-2-8(16(13,14)15)3-7(6)5-10(9)12;11-9-6-5-7-3-1-2-4-8(7)10(9)12;2*1-2;1-4(2)3/h2*3-6,8H,7H2,1-2H3,(H,12,13);1-5,11-12H,(H,13,14,15);1-6,11-12H;2*1-2H3;. The average molecular weight is 929 g/mol. The van der Waals surface area contributed by atoms with Crippen LogP contribution in [0.25, 0.3) is 21.5 Å². The molecule has 6 rings (SSSR count). The molecule has 0 fully saturated rings. The lowest BCUT2D eigenvalue weighted by Crippen LogP contribution is -2.09. The van der Waals surface area contributed by atoms with Gasteiger partial charge in [0.25, 0.3) is 10.1 Å². The second-order valence-electron chi connectivity index (χ2n) is 13.0. The number of rotatable bonds is 9. The number of phenolic OH excluding ortho intramolecular Hbond substituents is 4.